The summed E-state index contributed by atoms with van der Waals surface area (Å²) in [5, 5.41) is 0.143. The molecule has 27 heavy (non-hydrogen) atoms. The van der Waals surface area contributed by atoms with Gasteiger partial charge in [0.25, 0.3) is 20.0 Å². The number of nitrogens with zero attached hydrogens (tertiary/aromatic N) is 1. The van der Waals surface area contributed by atoms with E-state index in [1.54, 1.807) is 12.1 Å². The summed E-state index contributed by atoms with van der Waals surface area (Å²) in [5.41, 5.74) is 0.187. The van der Waals surface area contributed by atoms with E-state index in [9.17, 15) is 16.8 Å². The number of rotatable bonds is 6. The first-order valence-electron chi connectivity index (χ1n) is 7.19. The molecule has 2 aromatic heterocycles. The SMILES string of the molecule is O=S(=O)(Nc1ccccn1)c1ccc(NS(=O)(=O)c2cc(Cl)c(Cl)s2)cc1. The molecule has 3 rings (SSSR count). The van der Waals surface area contributed by atoms with Gasteiger partial charge in [-0.15, -0.1) is 11.3 Å². The average molecular weight is 464 g/mol. The van der Waals surface area contributed by atoms with Crippen molar-refractivity contribution in [3.8, 4) is 0 Å². The zero-order valence-electron chi connectivity index (χ0n) is 13.3. The Kier molecular flexibility index (Phi) is 5.63. The zero-order valence-corrected chi connectivity index (χ0v) is 17.2. The van der Waals surface area contributed by atoms with Gasteiger partial charge in [0.1, 0.15) is 14.4 Å². The van der Waals surface area contributed by atoms with Gasteiger partial charge in [-0.3, -0.25) is 9.44 Å². The molecule has 0 saturated heterocycles. The highest BCUT2D eigenvalue weighted by molar-refractivity contribution is 7.94. The predicted molar refractivity (Wildman–Crippen MR) is 107 cm³/mol. The quantitative estimate of drug-likeness (QED) is 0.573. The number of hydrogen-bond acceptors (Lipinski definition) is 6. The van der Waals surface area contributed by atoms with Gasteiger partial charge in [-0.2, -0.15) is 0 Å². The molecule has 0 unspecified atom stereocenters. The molecule has 0 bridgehead atoms. The minimum atomic E-state index is -3.89. The number of thiophene rings is 1. The van der Waals surface area contributed by atoms with Crippen molar-refractivity contribution in [3.05, 3.63) is 64.1 Å². The van der Waals surface area contributed by atoms with E-state index in [1.807, 2.05) is 0 Å². The Bertz CT molecular complexity index is 1140. The monoisotopic (exact) mass is 463 g/mol. The van der Waals surface area contributed by atoms with Crippen LogP contribution >= 0.6 is 34.5 Å². The van der Waals surface area contributed by atoms with Crippen LogP contribution in [0.1, 0.15) is 0 Å². The normalized spacial score (nSPS) is 11.9. The first-order chi connectivity index (χ1) is 12.7. The standard InChI is InChI=1S/C15H11Cl2N3O4S3/c16-12-9-14(25-15(12)17)27(23,24)19-10-4-6-11(7-5-10)26(21,22)20-13-3-1-2-8-18-13/h1-9,19H,(H,18,20). The van der Waals surface area contributed by atoms with Crippen molar-refractivity contribution in [3.63, 3.8) is 0 Å². The van der Waals surface area contributed by atoms with E-state index in [2.05, 4.69) is 14.4 Å². The highest BCUT2D eigenvalue weighted by Crippen LogP contribution is 2.35. The van der Waals surface area contributed by atoms with Gasteiger partial charge in [-0.05, 0) is 42.5 Å². The molecule has 0 saturated carbocycles. The summed E-state index contributed by atoms with van der Waals surface area (Å²) in [7, 11) is -7.74. The van der Waals surface area contributed by atoms with Crippen molar-refractivity contribution in [2.75, 3.05) is 9.44 Å². The molecular weight excluding hydrogens is 453 g/mol. The molecule has 2 N–H and O–H groups in total. The molecule has 0 aliphatic carbocycles. The van der Waals surface area contributed by atoms with Crippen LogP contribution in [0.5, 0.6) is 0 Å². The first kappa shape index (κ1) is 19.9. The van der Waals surface area contributed by atoms with Gasteiger partial charge in [0.2, 0.25) is 0 Å². The van der Waals surface area contributed by atoms with Crippen LogP contribution in [0.3, 0.4) is 0 Å². The van der Waals surface area contributed by atoms with Crippen LogP contribution in [0.15, 0.2) is 63.8 Å². The lowest BCUT2D eigenvalue weighted by Crippen LogP contribution is -2.14. The fraction of sp³-hybridized carbons (Fsp3) is 0. The highest BCUT2D eigenvalue weighted by atomic mass is 35.5. The van der Waals surface area contributed by atoms with Crippen LogP contribution in [0.4, 0.5) is 11.5 Å². The molecule has 7 nitrogen and oxygen atoms in total. The third-order valence-corrected chi connectivity index (χ3v) is 8.30. The van der Waals surface area contributed by atoms with Crippen LogP contribution in [0.25, 0.3) is 0 Å². The van der Waals surface area contributed by atoms with Crippen molar-refractivity contribution in [2.45, 2.75) is 9.10 Å². The minimum absolute atomic E-state index is 0.0432. The van der Waals surface area contributed by atoms with Crippen LogP contribution < -0.4 is 9.44 Å². The molecule has 0 aliphatic heterocycles. The summed E-state index contributed by atoms with van der Waals surface area (Å²) in [6.45, 7) is 0. The Morgan fingerprint density at radius 1 is 0.889 bits per heavy atom. The average Bonchev–Trinajstić information content (AvgIpc) is 2.95. The zero-order chi connectivity index (χ0) is 19.7. The van der Waals surface area contributed by atoms with Crippen LogP contribution in [-0.2, 0) is 20.0 Å². The van der Waals surface area contributed by atoms with Gasteiger partial charge in [-0.25, -0.2) is 21.8 Å². The molecule has 0 fully saturated rings. The van der Waals surface area contributed by atoms with Gasteiger partial charge < -0.3 is 0 Å². The van der Waals surface area contributed by atoms with E-state index in [0.29, 0.717) is 0 Å². The molecule has 0 spiro atoms. The van der Waals surface area contributed by atoms with E-state index in [4.69, 9.17) is 23.2 Å². The number of halogens is 2. The lowest BCUT2D eigenvalue weighted by Gasteiger charge is -2.09. The number of nitrogens with one attached hydrogen (secondary N) is 2. The smallest absolute Gasteiger partial charge is 0.271 e. The Hall–Kier alpha value is -1.85. The lowest BCUT2D eigenvalue weighted by molar-refractivity contribution is 0.600. The number of sulfonamides is 2. The second-order valence-corrected chi connectivity index (χ2v) is 10.8. The molecule has 2 heterocycles. The number of aromatic nitrogens is 1. The van der Waals surface area contributed by atoms with Gasteiger partial charge in [0.15, 0.2) is 0 Å². The summed E-state index contributed by atoms with van der Waals surface area (Å²) in [6, 6.07) is 11.3. The summed E-state index contributed by atoms with van der Waals surface area (Å²) in [6.07, 6.45) is 1.46. The maximum atomic E-state index is 12.3. The fourth-order valence-corrected chi connectivity index (χ4v) is 5.93. The molecule has 3 aromatic rings. The summed E-state index contributed by atoms with van der Waals surface area (Å²) < 4.78 is 54.1. The van der Waals surface area contributed by atoms with E-state index >= 15 is 0 Å². The maximum Gasteiger partial charge on any atom is 0.271 e. The second-order valence-electron chi connectivity index (χ2n) is 5.14. The third kappa shape index (κ3) is 4.71. The molecule has 0 radical (unpaired) electrons. The van der Waals surface area contributed by atoms with E-state index in [0.717, 1.165) is 11.3 Å². The predicted octanol–water partition coefficient (Wildman–Crippen LogP) is 4.05. The maximum absolute atomic E-state index is 12.3. The summed E-state index contributed by atoms with van der Waals surface area (Å²) in [4.78, 5) is 3.85. The molecule has 0 atom stereocenters. The molecular formula is C15H11Cl2N3O4S3. The Balaban J connectivity index is 1.79. The van der Waals surface area contributed by atoms with Gasteiger partial charge in [0.05, 0.1) is 9.92 Å². The molecule has 0 amide bonds. The van der Waals surface area contributed by atoms with E-state index < -0.39 is 20.0 Å². The van der Waals surface area contributed by atoms with Crippen LogP contribution in [-0.4, -0.2) is 21.8 Å². The third-order valence-electron chi connectivity index (χ3n) is 3.21. The van der Waals surface area contributed by atoms with E-state index in [-0.39, 0.29) is 30.0 Å². The van der Waals surface area contributed by atoms with Crippen molar-refractivity contribution in [1.82, 2.24) is 4.98 Å². The van der Waals surface area contributed by atoms with Gasteiger partial charge >= 0.3 is 0 Å². The number of pyridine rings is 1. The minimum Gasteiger partial charge on any atom is -0.279 e. The fourth-order valence-electron chi connectivity index (χ4n) is 1.99. The van der Waals surface area contributed by atoms with Crippen molar-refractivity contribution in [2.24, 2.45) is 0 Å². The second kappa shape index (κ2) is 7.64. The van der Waals surface area contributed by atoms with Crippen molar-refractivity contribution in [1.29, 1.82) is 0 Å². The van der Waals surface area contributed by atoms with Gasteiger partial charge in [0, 0.05) is 11.9 Å². The first-order valence-corrected chi connectivity index (χ1v) is 11.7. The van der Waals surface area contributed by atoms with E-state index in [1.165, 1.54) is 42.6 Å². The molecule has 1 aromatic carbocycles. The Morgan fingerprint density at radius 3 is 2.15 bits per heavy atom. The number of benzene rings is 1. The topological polar surface area (TPSA) is 105 Å². The Morgan fingerprint density at radius 2 is 1.59 bits per heavy atom. The van der Waals surface area contributed by atoms with Crippen molar-refractivity contribution >= 4 is 66.1 Å². The van der Waals surface area contributed by atoms with Crippen LogP contribution in [0, 0.1) is 0 Å². The molecule has 0 aliphatic rings. The Labute approximate surface area is 170 Å². The number of hydrogen-bond donors (Lipinski definition) is 2. The molecule has 142 valence electrons. The summed E-state index contributed by atoms with van der Waals surface area (Å²) >= 11 is 12.4. The summed E-state index contributed by atoms with van der Waals surface area (Å²) in [5.74, 6) is 0.175. The molecule has 12 heteroatoms. The van der Waals surface area contributed by atoms with Gasteiger partial charge in [-0.1, -0.05) is 29.3 Å². The van der Waals surface area contributed by atoms with Crippen LogP contribution in [0.2, 0.25) is 9.36 Å². The largest absolute Gasteiger partial charge is 0.279 e. The lowest BCUT2D eigenvalue weighted by atomic mass is 10.3. The number of anilines is 2. The van der Waals surface area contributed by atoms with Crippen molar-refractivity contribution < 1.29 is 16.8 Å². The highest BCUT2D eigenvalue weighted by Gasteiger charge is 2.20.